The molecule has 0 saturated heterocycles. The molecule has 128 valence electrons. The molecule has 2 aromatic heterocycles. The largest absolute Gasteiger partial charge is 0.486 e. The maximum atomic E-state index is 10.9. The Hall–Kier alpha value is -3.49. The van der Waals surface area contributed by atoms with E-state index in [2.05, 4.69) is 30.5 Å². The molecule has 2 heterocycles. The number of rotatable bonds is 7. The summed E-state index contributed by atoms with van der Waals surface area (Å²) in [6, 6.07) is 9.42. The summed E-state index contributed by atoms with van der Waals surface area (Å²) < 4.78 is 5.59. The molecule has 0 spiro atoms. The summed E-state index contributed by atoms with van der Waals surface area (Å²) >= 11 is 0. The zero-order valence-corrected chi connectivity index (χ0v) is 13.4. The molecule has 0 aliphatic rings. The van der Waals surface area contributed by atoms with E-state index in [-0.39, 0.29) is 12.2 Å². The molecule has 0 unspecified atom stereocenters. The number of carboxylic acid groups (broad SMARTS) is 1. The third-order valence-corrected chi connectivity index (χ3v) is 3.31. The predicted molar refractivity (Wildman–Crippen MR) is 88.2 cm³/mol. The van der Waals surface area contributed by atoms with Crippen molar-refractivity contribution < 1.29 is 14.6 Å². The van der Waals surface area contributed by atoms with Gasteiger partial charge >= 0.3 is 5.97 Å². The van der Waals surface area contributed by atoms with Gasteiger partial charge in [-0.3, -0.25) is 5.10 Å². The Morgan fingerprint density at radius 2 is 2.08 bits per heavy atom. The second-order valence-corrected chi connectivity index (χ2v) is 5.15. The second-order valence-electron chi connectivity index (χ2n) is 5.15. The third kappa shape index (κ3) is 4.28. The highest BCUT2D eigenvalue weighted by Gasteiger charge is 2.10. The average Bonchev–Trinajstić information content (AvgIpc) is 3.07. The lowest BCUT2D eigenvalue weighted by molar-refractivity contribution is 0.0695. The number of hydrogen-bond acceptors (Lipinski definition) is 7. The van der Waals surface area contributed by atoms with Crippen LogP contribution in [0.1, 0.15) is 27.7 Å². The molecule has 9 nitrogen and oxygen atoms in total. The third-order valence-electron chi connectivity index (χ3n) is 3.31. The number of nitrogens with zero attached hydrogens (tertiary/aromatic N) is 4. The van der Waals surface area contributed by atoms with Gasteiger partial charge in [-0.15, -0.1) is 0 Å². The minimum Gasteiger partial charge on any atom is -0.486 e. The molecule has 0 saturated carbocycles. The number of carboxylic acids is 1. The Labute approximate surface area is 143 Å². The van der Waals surface area contributed by atoms with Crippen molar-refractivity contribution >= 4 is 11.9 Å². The Balaban J connectivity index is 1.55. The SMILES string of the molecule is Cc1nc(NCc2n[nH]c(COc3ccccc3)n2)ncc1C(=O)O. The van der Waals surface area contributed by atoms with Gasteiger partial charge < -0.3 is 15.2 Å². The highest BCUT2D eigenvalue weighted by molar-refractivity contribution is 5.88. The van der Waals surface area contributed by atoms with E-state index in [1.54, 1.807) is 6.92 Å². The summed E-state index contributed by atoms with van der Waals surface area (Å²) in [5.74, 6) is 1.13. The molecule has 1 aromatic carbocycles. The van der Waals surface area contributed by atoms with Crippen LogP contribution in [0.25, 0.3) is 0 Å². The summed E-state index contributed by atoms with van der Waals surface area (Å²) in [5, 5.41) is 18.8. The van der Waals surface area contributed by atoms with Crippen LogP contribution in [0, 0.1) is 6.92 Å². The molecule has 9 heteroatoms. The Kier molecular flexibility index (Phi) is 4.84. The van der Waals surface area contributed by atoms with Gasteiger partial charge in [0, 0.05) is 6.20 Å². The number of benzene rings is 1. The fourth-order valence-corrected chi connectivity index (χ4v) is 2.07. The monoisotopic (exact) mass is 340 g/mol. The molecular weight excluding hydrogens is 324 g/mol. The van der Waals surface area contributed by atoms with Gasteiger partial charge in [0.25, 0.3) is 0 Å². The highest BCUT2D eigenvalue weighted by Crippen LogP contribution is 2.10. The Bertz CT molecular complexity index is 865. The molecule has 3 N–H and O–H groups in total. The van der Waals surface area contributed by atoms with Gasteiger partial charge in [-0.05, 0) is 19.1 Å². The number of H-pyrrole nitrogens is 1. The smallest absolute Gasteiger partial charge is 0.339 e. The first-order valence-corrected chi connectivity index (χ1v) is 7.50. The Morgan fingerprint density at radius 1 is 1.28 bits per heavy atom. The molecule has 0 aliphatic heterocycles. The summed E-state index contributed by atoms with van der Waals surface area (Å²) in [6.07, 6.45) is 1.27. The lowest BCUT2D eigenvalue weighted by Crippen LogP contribution is -2.09. The van der Waals surface area contributed by atoms with Crippen LogP contribution in [-0.4, -0.2) is 36.2 Å². The van der Waals surface area contributed by atoms with E-state index in [0.717, 1.165) is 5.75 Å². The van der Waals surface area contributed by atoms with Gasteiger partial charge in [-0.1, -0.05) is 18.2 Å². The molecule has 0 radical (unpaired) electrons. The molecule has 0 atom stereocenters. The van der Waals surface area contributed by atoms with Crippen LogP contribution < -0.4 is 10.1 Å². The zero-order chi connectivity index (χ0) is 17.6. The molecule has 0 aliphatic carbocycles. The fourth-order valence-electron chi connectivity index (χ4n) is 2.07. The van der Waals surface area contributed by atoms with E-state index in [0.29, 0.717) is 29.8 Å². The topological polar surface area (TPSA) is 126 Å². The average molecular weight is 340 g/mol. The van der Waals surface area contributed by atoms with Crippen molar-refractivity contribution in [1.82, 2.24) is 25.1 Å². The van der Waals surface area contributed by atoms with Gasteiger partial charge in [-0.2, -0.15) is 5.10 Å². The van der Waals surface area contributed by atoms with E-state index >= 15 is 0 Å². The van der Waals surface area contributed by atoms with Gasteiger partial charge in [0.05, 0.1) is 17.8 Å². The summed E-state index contributed by atoms with van der Waals surface area (Å²) in [4.78, 5) is 23.3. The van der Waals surface area contributed by atoms with Gasteiger partial charge in [0.1, 0.15) is 12.4 Å². The van der Waals surface area contributed by atoms with E-state index in [4.69, 9.17) is 9.84 Å². The second kappa shape index (κ2) is 7.39. The van der Waals surface area contributed by atoms with E-state index in [9.17, 15) is 4.79 Å². The normalized spacial score (nSPS) is 10.4. The number of anilines is 1. The van der Waals surface area contributed by atoms with Crippen LogP contribution in [0.5, 0.6) is 5.75 Å². The van der Waals surface area contributed by atoms with E-state index in [1.807, 2.05) is 30.3 Å². The maximum absolute atomic E-state index is 10.9. The molecule has 0 bridgehead atoms. The van der Waals surface area contributed by atoms with Crippen LogP contribution in [-0.2, 0) is 13.2 Å². The highest BCUT2D eigenvalue weighted by atomic mass is 16.5. The molecular formula is C16H16N6O3. The minimum atomic E-state index is -1.05. The van der Waals surface area contributed by atoms with Crippen molar-refractivity contribution in [1.29, 1.82) is 0 Å². The zero-order valence-electron chi connectivity index (χ0n) is 13.4. The molecule has 25 heavy (non-hydrogen) atoms. The maximum Gasteiger partial charge on any atom is 0.339 e. The number of aromatic amines is 1. The van der Waals surface area contributed by atoms with E-state index < -0.39 is 5.97 Å². The first-order chi connectivity index (χ1) is 12.1. The standard InChI is InChI=1S/C16H16N6O3/c1-10-12(15(23)24)7-17-16(19-10)18-8-13-20-14(22-21-13)9-25-11-5-3-2-4-6-11/h2-7H,8-9H2,1H3,(H,23,24)(H,17,18,19)(H,20,21,22). The fraction of sp³-hybridized carbons (Fsp3) is 0.188. The van der Waals surface area contributed by atoms with Gasteiger partial charge in [0.2, 0.25) is 5.95 Å². The summed E-state index contributed by atoms with van der Waals surface area (Å²) in [6.45, 7) is 2.19. The number of carbonyl (C=O) groups is 1. The van der Waals surface area contributed by atoms with Crippen molar-refractivity contribution in [2.45, 2.75) is 20.1 Å². The van der Waals surface area contributed by atoms with Crippen molar-refractivity contribution in [3.8, 4) is 5.75 Å². The van der Waals surface area contributed by atoms with Crippen LogP contribution in [0.3, 0.4) is 0 Å². The van der Waals surface area contributed by atoms with Crippen molar-refractivity contribution in [2.24, 2.45) is 0 Å². The van der Waals surface area contributed by atoms with Crippen LogP contribution >= 0.6 is 0 Å². The molecule has 3 aromatic rings. The van der Waals surface area contributed by atoms with Crippen LogP contribution in [0.15, 0.2) is 36.5 Å². The van der Waals surface area contributed by atoms with Gasteiger partial charge in [0.15, 0.2) is 11.6 Å². The van der Waals surface area contributed by atoms with Crippen molar-refractivity contribution in [3.63, 3.8) is 0 Å². The number of hydrogen-bond donors (Lipinski definition) is 3. The first-order valence-electron chi connectivity index (χ1n) is 7.50. The van der Waals surface area contributed by atoms with Crippen LogP contribution in [0.4, 0.5) is 5.95 Å². The first kappa shape index (κ1) is 16.4. The van der Waals surface area contributed by atoms with Crippen LogP contribution in [0.2, 0.25) is 0 Å². The van der Waals surface area contributed by atoms with Gasteiger partial charge in [-0.25, -0.2) is 19.7 Å². The number of para-hydroxylation sites is 1. The number of aromatic carboxylic acids is 1. The number of ether oxygens (including phenoxy) is 1. The molecule has 3 rings (SSSR count). The lowest BCUT2D eigenvalue weighted by Gasteiger charge is -2.04. The molecule has 0 fully saturated rings. The number of nitrogens with one attached hydrogen (secondary N) is 2. The number of aryl methyl sites for hydroxylation is 1. The minimum absolute atomic E-state index is 0.0730. The summed E-state index contributed by atoms with van der Waals surface area (Å²) in [5.41, 5.74) is 0.459. The van der Waals surface area contributed by atoms with E-state index in [1.165, 1.54) is 6.20 Å². The lowest BCUT2D eigenvalue weighted by atomic mass is 10.2. The predicted octanol–water partition coefficient (Wildman–Crippen LogP) is 1.79. The van der Waals surface area contributed by atoms with Crippen molar-refractivity contribution in [2.75, 3.05) is 5.32 Å². The number of aromatic nitrogens is 5. The Morgan fingerprint density at radius 3 is 2.80 bits per heavy atom. The molecule has 0 amide bonds. The quantitative estimate of drug-likeness (QED) is 0.594. The summed E-state index contributed by atoms with van der Waals surface area (Å²) in [7, 11) is 0. The van der Waals surface area contributed by atoms with Crippen molar-refractivity contribution in [3.05, 3.63) is 59.4 Å².